The molecule has 37 heavy (non-hydrogen) atoms. The highest BCUT2D eigenvalue weighted by atomic mass is 32.1. The van der Waals surface area contributed by atoms with Crippen LogP contribution in [0, 0.1) is 12.7 Å². The number of nitrogens with two attached hydrogens (primary N) is 1. The molecule has 186 valence electrons. The van der Waals surface area contributed by atoms with Crippen molar-refractivity contribution >= 4 is 38.5 Å². The maximum atomic E-state index is 14.7. The first-order valence-corrected chi connectivity index (χ1v) is 12.0. The summed E-state index contributed by atoms with van der Waals surface area (Å²) in [7, 11) is 1.87. The van der Waals surface area contributed by atoms with Crippen LogP contribution in [0.2, 0.25) is 0 Å². The highest BCUT2D eigenvalue weighted by Crippen LogP contribution is 2.31. The summed E-state index contributed by atoms with van der Waals surface area (Å²) in [5.74, 6) is -2.02. The van der Waals surface area contributed by atoms with E-state index in [1.807, 2.05) is 38.4 Å². The van der Waals surface area contributed by atoms with E-state index in [0.717, 1.165) is 27.0 Å². The minimum Gasteiger partial charge on any atom is -0.435 e. The molecule has 2 aromatic carbocycles. The number of nitrogens with one attached hydrogen (secondary N) is 1. The average Bonchev–Trinajstić information content (AvgIpc) is 3.41. The van der Waals surface area contributed by atoms with Gasteiger partial charge in [-0.05, 0) is 54.4 Å². The third-order valence-electron chi connectivity index (χ3n) is 5.56. The molecule has 0 aliphatic rings. The zero-order valence-electron chi connectivity index (χ0n) is 19.9. The number of carbonyl (C=O) groups is 2. The van der Waals surface area contributed by atoms with E-state index in [4.69, 9.17) is 10.5 Å². The first kappa shape index (κ1) is 24.1. The highest BCUT2D eigenvalue weighted by Gasteiger charge is 2.16. The summed E-state index contributed by atoms with van der Waals surface area (Å²) in [6.45, 7) is 1.95. The van der Waals surface area contributed by atoms with Crippen molar-refractivity contribution in [2.75, 3.05) is 5.32 Å². The summed E-state index contributed by atoms with van der Waals surface area (Å²) in [5.41, 5.74) is 9.47. The van der Waals surface area contributed by atoms with Gasteiger partial charge in [-0.3, -0.25) is 14.3 Å². The summed E-state index contributed by atoms with van der Waals surface area (Å²) in [4.78, 5) is 32.6. The van der Waals surface area contributed by atoms with Crippen LogP contribution in [0.1, 0.15) is 21.6 Å². The van der Waals surface area contributed by atoms with Crippen molar-refractivity contribution < 1.29 is 18.7 Å². The number of anilines is 1. The smallest absolute Gasteiger partial charge is 0.254 e. The second-order valence-electron chi connectivity index (χ2n) is 8.32. The Labute approximate surface area is 214 Å². The second-order valence-corrected chi connectivity index (χ2v) is 9.35. The lowest BCUT2D eigenvalue weighted by Crippen LogP contribution is -2.14. The molecule has 9 nitrogen and oxygen atoms in total. The molecule has 0 spiro atoms. The Hall–Kier alpha value is -4.64. The van der Waals surface area contributed by atoms with Gasteiger partial charge in [-0.25, -0.2) is 14.4 Å². The molecule has 5 rings (SSSR count). The monoisotopic (exact) mass is 516 g/mol. The zero-order valence-corrected chi connectivity index (χ0v) is 20.7. The number of benzene rings is 2. The van der Waals surface area contributed by atoms with Gasteiger partial charge in [-0.1, -0.05) is 23.5 Å². The maximum absolute atomic E-state index is 14.7. The zero-order chi connectivity index (χ0) is 26.1. The van der Waals surface area contributed by atoms with Crippen molar-refractivity contribution in [3.05, 3.63) is 83.6 Å². The van der Waals surface area contributed by atoms with Gasteiger partial charge >= 0.3 is 0 Å². The third-order valence-corrected chi connectivity index (χ3v) is 6.51. The molecular weight excluding hydrogens is 495 g/mol. The molecule has 0 bridgehead atoms. The van der Waals surface area contributed by atoms with Crippen molar-refractivity contribution in [2.24, 2.45) is 12.8 Å². The van der Waals surface area contributed by atoms with E-state index in [1.165, 1.54) is 41.8 Å². The van der Waals surface area contributed by atoms with Crippen LogP contribution in [0.3, 0.4) is 0 Å². The predicted molar refractivity (Wildman–Crippen MR) is 138 cm³/mol. The summed E-state index contributed by atoms with van der Waals surface area (Å²) < 4.78 is 22.8. The second kappa shape index (κ2) is 9.78. The highest BCUT2D eigenvalue weighted by molar-refractivity contribution is 7.22. The van der Waals surface area contributed by atoms with Crippen molar-refractivity contribution in [2.45, 2.75) is 13.3 Å². The van der Waals surface area contributed by atoms with E-state index < -0.39 is 11.7 Å². The molecule has 3 heterocycles. The molecule has 5 aromatic rings. The van der Waals surface area contributed by atoms with Gasteiger partial charge in [0.15, 0.2) is 16.7 Å². The lowest BCUT2D eigenvalue weighted by Gasteiger charge is -2.09. The van der Waals surface area contributed by atoms with E-state index in [1.54, 1.807) is 10.7 Å². The van der Waals surface area contributed by atoms with E-state index in [0.29, 0.717) is 10.7 Å². The maximum Gasteiger partial charge on any atom is 0.254 e. The molecule has 0 saturated heterocycles. The van der Waals surface area contributed by atoms with E-state index in [-0.39, 0.29) is 29.5 Å². The number of fused-ring (bicyclic) bond motifs is 1. The quantitative estimate of drug-likeness (QED) is 0.325. The molecule has 0 radical (unpaired) electrons. The molecule has 0 aliphatic heterocycles. The summed E-state index contributed by atoms with van der Waals surface area (Å²) >= 11 is 1.36. The van der Waals surface area contributed by atoms with E-state index in [9.17, 15) is 14.0 Å². The minimum absolute atomic E-state index is 0.0314. The molecule has 0 aliphatic carbocycles. The number of thiazole rings is 1. The number of primary amides is 1. The molecule has 0 atom stereocenters. The number of nitrogens with zero attached hydrogens (tertiary/aromatic N) is 4. The number of carbonyl (C=O) groups excluding carboxylic acids is 2. The van der Waals surface area contributed by atoms with Crippen LogP contribution in [0.4, 0.5) is 9.52 Å². The molecular formula is C26H21FN6O3S. The van der Waals surface area contributed by atoms with Gasteiger partial charge in [0.2, 0.25) is 11.8 Å². The van der Waals surface area contributed by atoms with Crippen LogP contribution >= 0.6 is 11.3 Å². The van der Waals surface area contributed by atoms with Crippen LogP contribution in [-0.4, -0.2) is 31.6 Å². The molecule has 3 N–H and O–H groups in total. The molecule has 3 aromatic heterocycles. The number of amides is 2. The Morgan fingerprint density at radius 1 is 1.19 bits per heavy atom. The van der Waals surface area contributed by atoms with Gasteiger partial charge in [0.25, 0.3) is 5.91 Å². The minimum atomic E-state index is -0.741. The lowest BCUT2D eigenvalue weighted by molar-refractivity contribution is -0.115. The summed E-state index contributed by atoms with van der Waals surface area (Å²) in [6, 6.07) is 13.0. The van der Waals surface area contributed by atoms with Crippen LogP contribution in [0.15, 0.2) is 60.9 Å². The number of hydrogen-bond donors (Lipinski definition) is 2. The number of aryl methyl sites for hydroxylation is 2. The number of halogens is 1. The van der Waals surface area contributed by atoms with Gasteiger partial charge in [0.05, 0.1) is 22.3 Å². The SMILES string of the molecule is Cc1nn(C)cc1-c1ccc2sc(NC(=O)Cc3ccc(Oc4ncccc4C(N)=O)c(F)c3)nc2c1. The van der Waals surface area contributed by atoms with Gasteiger partial charge in [-0.2, -0.15) is 5.10 Å². The Balaban J connectivity index is 1.27. The third kappa shape index (κ3) is 5.16. The van der Waals surface area contributed by atoms with E-state index >= 15 is 0 Å². The van der Waals surface area contributed by atoms with Gasteiger partial charge in [0, 0.05) is 25.0 Å². The molecule has 2 amide bonds. The van der Waals surface area contributed by atoms with Crippen LogP contribution in [-0.2, 0) is 18.3 Å². The number of rotatable bonds is 7. The van der Waals surface area contributed by atoms with Gasteiger partial charge in [0.1, 0.15) is 5.56 Å². The Morgan fingerprint density at radius 2 is 2.03 bits per heavy atom. The van der Waals surface area contributed by atoms with Gasteiger partial charge in [-0.15, -0.1) is 0 Å². The Bertz CT molecular complexity index is 1660. The fourth-order valence-electron chi connectivity index (χ4n) is 3.88. The van der Waals surface area contributed by atoms with Crippen molar-refractivity contribution in [3.63, 3.8) is 0 Å². The average molecular weight is 517 g/mol. The first-order valence-electron chi connectivity index (χ1n) is 11.2. The summed E-state index contributed by atoms with van der Waals surface area (Å²) in [5, 5.41) is 7.62. The van der Waals surface area contributed by atoms with Gasteiger partial charge < -0.3 is 15.8 Å². The fraction of sp³-hybridized carbons (Fsp3) is 0.115. The molecule has 0 fully saturated rings. The largest absolute Gasteiger partial charge is 0.435 e. The van der Waals surface area contributed by atoms with Crippen molar-refractivity contribution in [1.29, 1.82) is 0 Å². The normalized spacial score (nSPS) is 11.0. The van der Waals surface area contributed by atoms with Crippen LogP contribution < -0.4 is 15.8 Å². The van der Waals surface area contributed by atoms with Crippen molar-refractivity contribution in [3.8, 4) is 22.8 Å². The standard InChI is InChI=1S/C26H21FN6O3S/c1-14-18(13-33(2)32-14)16-6-8-22-20(12-16)30-26(37-22)31-23(34)11-15-5-7-21(19(27)10-15)36-25-17(24(28)35)4-3-9-29-25/h3-10,12-13H,11H2,1-2H3,(H2,28,35)(H,30,31,34). The molecule has 0 unspecified atom stereocenters. The lowest BCUT2D eigenvalue weighted by atomic mass is 10.1. The molecule has 0 saturated carbocycles. The Kier molecular flexibility index (Phi) is 6.36. The first-order chi connectivity index (χ1) is 17.8. The number of pyridine rings is 1. The van der Waals surface area contributed by atoms with Crippen LogP contribution in [0.5, 0.6) is 11.6 Å². The number of hydrogen-bond acceptors (Lipinski definition) is 7. The van der Waals surface area contributed by atoms with E-state index in [2.05, 4.69) is 20.4 Å². The Morgan fingerprint density at radius 3 is 2.76 bits per heavy atom. The van der Waals surface area contributed by atoms with Crippen molar-refractivity contribution in [1.82, 2.24) is 19.7 Å². The topological polar surface area (TPSA) is 125 Å². The molecule has 11 heteroatoms. The van der Waals surface area contributed by atoms with Crippen LogP contribution in [0.25, 0.3) is 21.3 Å². The summed E-state index contributed by atoms with van der Waals surface area (Å²) in [6.07, 6.45) is 3.29. The number of aromatic nitrogens is 4. The fourth-order valence-corrected chi connectivity index (χ4v) is 4.74. The predicted octanol–water partition coefficient (Wildman–Crippen LogP) is 4.61. The number of ether oxygens (including phenoxy) is 1.